The summed E-state index contributed by atoms with van der Waals surface area (Å²) in [5, 5.41) is 7.79. The second-order valence-electron chi connectivity index (χ2n) is 8.55. The van der Waals surface area contributed by atoms with Crippen LogP contribution in [0.2, 0.25) is 0 Å². The summed E-state index contributed by atoms with van der Waals surface area (Å²) in [4.78, 5) is 30.8. The predicted octanol–water partition coefficient (Wildman–Crippen LogP) is 3.30. The topological polar surface area (TPSA) is 101 Å². The Labute approximate surface area is 209 Å². The van der Waals surface area contributed by atoms with Crippen LogP contribution in [0.25, 0.3) is 11.3 Å². The third-order valence-electron chi connectivity index (χ3n) is 6.10. The van der Waals surface area contributed by atoms with Gasteiger partial charge in [-0.3, -0.25) is 9.48 Å². The standard InChI is InChI=1S/C26H28N8O2/c1-18-28-24(30-23-9-4-5-10-27-23)17-25(29-18)33-11-13-34(14-12-33)26(35)22-16-21(31-32(22)2)19-7-6-8-20(15-19)36-3/h4-10,15-17H,11-14H2,1-3H3,(H,27,28,29,30). The average molecular weight is 485 g/mol. The highest BCUT2D eigenvalue weighted by Crippen LogP contribution is 2.25. The highest BCUT2D eigenvalue weighted by Gasteiger charge is 2.26. The first-order valence-electron chi connectivity index (χ1n) is 11.8. The van der Waals surface area contributed by atoms with Crippen molar-refractivity contribution in [1.29, 1.82) is 0 Å². The molecule has 4 aromatic rings. The fraction of sp³-hybridized carbons (Fsp3) is 0.269. The Balaban J connectivity index is 1.26. The molecule has 0 spiro atoms. The summed E-state index contributed by atoms with van der Waals surface area (Å²) in [7, 11) is 3.43. The van der Waals surface area contributed by atoms with E-state index < -0.39 is 0 Å². The molecule has 1 fully saturated rings. The number of pyridine rings is 1. The molecular weight excluding hydrogens is 456 g/mol. The van der Waals surface area contributed by atoms with E-state index in [2.05, 4.69) is 30.3 Å². The second kappa shape index (κ2) is 10.0. The lowest BCUT2D eigenvalue weighted by molar-refractivity contribution is 0.0735. The molecule has 36 heavy (non-hydrogen) atoms. The van der Waals surface area contributed by atoms with Gasteiger partial charge in [-0.25, -0.2) is 15.0 Å². The quantitative estimate of drug-likeness (QED) is 0.445. The number of ether oxygens (including phenoxy) is 1. The number of hydrogen-bond donors (Lipinski definition) is 1. The molecule has 0 atom stereocenters. The van der Waals surface area contributed by atoms with Crippen molar-refractivity contribution in [2.45, 2.75) is 6.92 Å². The Kier molecular flexibility index (Phi) is 6.48. The van der Waals surface area contributed by atoms with E-state index in [-0.39, 0.29) is 5.91 Å². The minimum Gasteiger partial charge on any atom is -0.497 e. The van der Waals surface area contributed by atoms with Gasteiger partial charge >= 0.3 is 0 Å². The van der Waals surface area contributed by atoms with Crippen LogP contribution >= 0.6 is 0 Å². The lowest BCUT2D eigenvalue weighted by atomic mass is 10.1. The van der Waals surface area contributed by atoms with Gasteiger partial charge in [0, 0.05) is 51.1 Å². The minimum atomic E-state index is -0.0322. The van der Waals surface area contributed by atoms with Crippen molar-refractivity contribution in [3.8, 4) is 17.0 Å². The number of aryl methyl sites for hydroxylation is 2. The van der Waals surface area contributed by atoms with E-state index in [4.69, 9.17) is 4.74 Å². The number of rotatable bonds is 6. The van der Waals surface area contributed by atoms with Crippen LogP contribution in [-0.2, 0) is 7.05 Å². The van der Waals surface area contributed by atoms with Crippen LogP contribution in [0.1, 0.15) is 16.3 Å². The molecule has 1 amide bonds. The molecule has 10 heteroatoms. The van der Waals surface area contributed by atoms with Crippen LogP contribution in [0.15, 0.2) is 60.8 Å². The molecule has 1 saturated heterocycles. The van der Waals surface area contributed by atoms with Crippen LogP contribution in [0.5, 0.6) is 5.75 Å². The Morgan fingerprint density at radius 3 is 2.56 bits per heavy atom. The molecule has 184 valence electrons. The monoisotopic (exact) mass is 484 g/mol. The van der Waals surface area contributed by atoms with Gasteiger partial charge in [-0.1, -0.05) is 18.2 Å². The van der Waals surface area contributed by atoms with Crippen molar-refractivity contribution < 1.29 is 9.53 Å². The predicted molar refractivity (Wildman–Crippen MR) is 138 cm³/mol. The van der Waals surface area contributed by atoms with Crippen LogP contribution in [0.4, 0.5) is 17.5 Å². The van der Waals surface area contributed by atoms with E-state index in [1.54, 1.807) is 25.0 Å². The van der Waals surface area contributed by atoms with Crippen LogP contribution in [0.3, 0.4) is 0 Å². The molecule has 3 aromatic heterocycles. The molecule has 1 aromatic carbocycles. The minimum absolute atomic E-state index is 0.0322. The fourth-order valence-corrected chi connectivity index (χ4v) is 4.24. The SMILES string of the molecule is COc1cccc(-c2cc(C(=O)N3CCN(c4cc(Nc5ccccn5)nc(C)n4)CC3)n(C)n2)c1. The van der Waals surface area contributed by atoms with Gasteiger partial charge in [-0.2, -0.15) is 5.10 Å². The zero-order valence-electron chi connectivity index (χ0n) is 20.5. The Bertz CT molecular complexity index is 1360. The molecule has 4 heterocycles. The Hall–Kier alpha value is -4.47. The average Bonchev–Trinajstić information content (AvgIpc) is 3.30. The highest BCUT2D eigenvalue weighted by atomic mass is 16.5. The second-order valence-corrected chi connectivity index (χ2v) is 8.55. The Morgan fingerprint density at radius 2 is 1.81 bits per heavy atom. The largest absolute Gasteiger partial charge is 0.497 e. The molecule has 0 bridgehead atoms. The lowest BCUT2D eigenvalue weighted by Crippen LogP contribution is -2.49. The van der Waals surface area contributed by atoms with Gasteiger partial charge < -0.3 is 19.9 Å². The summed E-state index contributed by atoms with van der Waals surface area (Å²) < 4.78 is 6.96. The summed E-state index contributed by atoms with van der Waals surface area (Å²) in [6, 6.07) is 17.1. The number of hydrogen-bond acceptors (Lipinski definition) is 8. The molecule has 0 aliphatic carbocycles. The number of carbonyl (C=O) groups excluding carboxylic acids is 1. The molecule has 0 saturated carbocycles. The van der Waals surface area contributed by atoms with Crippen molar-refractivity contribution in [2.24, 2.45) is 7.05 Å². The molecule has 5 rings (SSSR count). The van der Waals surface area contributed by atoms with Gasteiger partial charge in [0.2, 0.25) is 0 Å². The van der Waals surface area contributed by atoms with Crippen LogP contribution in [-0.4, -0.2) is 68.8 Å². The third kappa shape index (κ3) is 4.97. The van der Waals surface area contributed by atoms with E-state index in [9.17, 15) is 4.79 Å². The van der Waals surface area contributed by atoms with Gasteiger partial charge in [0.15, 0.2) is 0 Å². The van der Waals surface area contributed by atoms with Crippen molar-refractivity contribution in [3.05, 3.63) is 72.3 Å². The number of nitrogens with zero attached hydrogens (tertiary/aromatic N) is 7. The first-order valence-corrected chi connectivity index (χ1v) is 11.8. The zero-order valence-corrected chi connectivity index (χ0v) is 20.5. The number of anilines is 3. The molecule has 1 aliphatic rings. The number of carbonyl (C=O) groups is 1. The smallest absolute Gasteiger partial charge is 0.272 e. The number of aromatic nitrogens is 5. The summed E-state index contributed by atoms with van der Waals surface area (Å²) in [5.41, 5.74) is 2.20. The number of amides is 1. The molecule has 10 nitrogen and oxygen atoms in total. The van der Waals surface area contributed by atoms with Gasteiger partial charge in [-0.05, 0) is 37.3 Å². The van der Waals surface area contributed by atoms with Gasteiger partial charge in [0.25, 0.3) is 5.91 Å². The maximum atomic E-state index is 13.3. The maximum Gasteiger partial charge on any atom is 0.272 e. The molecular formula is C26H28N8O2. The number of methoxy groups -OCH3 is 1. The van der Waals surface area contributed by atoms with Gasteiger partial charge in [-0.15, -0.1) is 0 Å². The van der Waals surface area contributed by atoms with E-state index in [1.807, 2.05) is 66.4 Å². The van der Waals surface area contributed by atoms with E-state index in [0.717, 1.165) is 28.6 Å². The first-order chi connectivity index (χ1) is 17.5. The van der Waals surface area contributed by atoms with Crippen molar-refractivity contribution in [2.75, 3.05) is 43.5 Å². The number of nitrogens with one attached hydrogen (secondary N) is 1. The summed E-state index contributed by atoms with van der Waals surface area (Å²) >= 11 is 0. The summed E-state index contributed by atoms with van der Waals surface area (Å²) in [6.45, 7) is 4.39. The summed E-state index contributed by atoms with van der Waals surface area (Å²) in [5.74, 6) is 3.63. The Morgan fingerprint density at radius 1 is 0.972 bits per heavy atom. The molecule has 1 N–H and O–H groups in total. The first kappa shape index (κ1) is 23.3. The molecule has 1 aliphatic heterocycles. The number of benzene rings is 1. The summed E-state index contributed by atoms with van der Waals surface area (Å²) in [6.07, 6.45) is 1.73. The van der Waals surface area contributed by atoms with Crippen molar-refractivity contribution in [1.82, 2.24) is 29.6 Å². The van der Waals surface area contributed by atoms with Crippen LogP contribution in [0, 0.1) is 6.92 Å². The van der Waals surface area contributed by atoms with Crippen LogP contribution < -0.4 is 15.0 Å². The normalized spacial score (nSPS) is 13.5. The number of piperazine rings is 1. The van der Waals surface area contributed by atoms with E-state index in [1.165, 1.54) is 0 Å². The zero-order chi connectivity index (χ0) is 25.1. The maximum absolute atomic E-state index is 13.3. The van der Waals surface area contributed by atoms with Crippen molar-refractivity contribution >= 4 is 23.4 Å². The van der Waals surface area contributed by atoms with Gasteiger partial charge in [0.1, 0.15) is 34.7 Å². The van der Waals surface area contributed by atoms with Crippen molar-refractivity contribution in [3.63, 3.8) is 0 Å². The molecule has 0 unspecified atom stereocenters. The van der Waals surface area contributed by atoms with Gasteiger partial charge in [0.05, 0.1) is 12.8 Å². The third-order valence-corrected chi connectivity index (χ3v) is 6.10. The van der Waals surface area contributed by atoms with E-state index in [0.29, 0.717) is 43.5 Å². The lowest BCUT2D eigenvalue weighted by Gasteiger charge is -2.35. The fourth-order valence-electron chi connectivity index (χ4n) is 4.24. The van der Waals surface area contributed by atoms with E-state index >= 15 is 0 Å². The highest BCUT2D eigenvalue weighted by molar-refractivity contribution is 5.94. The molecule has 0 radical (unpaired) electrons.